The highest BCUT2D eigenvalue weighted by Gasteiger charge is 2.68. The first-order valence-corrected chi connectivity index (χ1v) is 9.12. The molecule has 0 aromatic carbocycles. The van der Waals surface area contributed by atoms with Gasteiger partial charge in [0.25, 0.3) is 0 Å². The highest BCUT2D eigenvalue weighted by atomic mass is 32.2. The average Bonchev–Trinajstić information content (AvgIpc) is 3.02. The Balaban J connectivity index is 1.75. The third-order valence-electron chi connectivity index (χ3n) is 4.22. The molecule has 2 fully saturated rings. The van der Waals surface area contributed by atoms with Crippen LogP contribution in [0.5, 0.6) is 0 Å². The van der Waals surface area contributed by atoms with Crippen molar-refractivity contribution in [3.05, 3.63) is 22.4 Å². The van der Waals surface area contributed by atoms with Gasteiger partial charge in [-0.05, 0) is 25.3 Å². The Morgan fingerprint density at radius 2 is 2.17 bits per heavy atom. The van der Waals surface area contributed by atoms with Gasteiger partial charge in [0.2, 0.25) is 11.8 Å². The first kappa shape index (κ1) is 16.1. The fraction of sp³-hybridized carbons (Fsp3) is 0.500. The van der Waals surface area contributed by atoms with Crippen LogP contribution in [0, 0.1) is 0 Å². The fourth-order valence-corrected chi connectivity index (χ4v) is 5.71. The predicted molar refractivity (Wildman–Crippen MR) is 84.2 cm³/mol. The largest absolute Gasteiger partial charge is 0.480 e. The van der Waals surface area contributed by atoms with E-state index in [9.17, 15) is 23.7 Å². The monoisotopic (exact) mass is 356 g/mol. The molecule has 3 heterocycles. The van der Waals surface area contributed by atoms with Crippen LogP contribution < -0.4 is 5.32 Å². The summed E-state index contributed by atoms with van der Waals surface area (Å²) in [5, 5.41) is 13.0. The number of aliphatic carboxylic acids is 1. The van der Waals surface area contributed by atoms with E-state index in [2.05, 4.69) is 5.32 Å². The molecule has 0 bridgehead atoms. The quantitative estimate of drug-likeness (QED) is 0.736. The Hall–Kier alpha value is -1.74. The van der Waals surface area contributed by atoms with Gasteiger partial charge in [-0.2, -0.15) is 0 Å². The number of carbonyl (C=O) groups is 3. The van der Waals surface area contributed by atoms with Crippen LogP contribution in [-0.2, 0) is 31.6 Å². The van der Waals surface area contributed by atoms with Crippen molar-refractivity contribution in [3.63, 3.8) is 0 Å². The van der Waals surface area contributed by atoms with E-state index in [1.54, 1.807) is 13.8 Å². The number of hydrogen-bond acceptors (Lipinski definition) is 5. The lowest BCUT2D eigenvalue weighted by molar-refractivity contribution is -0.161. The Bertz CT molecular complexity index is 700. The summed E-state index contributed by atoms with van der Waals surface area (Å²) < 4.78 is 11.5. The molecule has 2 saturated heterocycles. The molecule has 124 valence electrons. The molecule has 3 rings (SSSR count). The molecule has 0 spiro atoms. The number of nitrogens with zero attached hydrogens (tertiary/aromatic N) is 1. The second-order valence-electron chi connectivity index (χ2n) is 6.08. The number of amides is 2. The molecule has 1 aromatic rings. The number of rotatable bonds is 4. The maximum Gasteiger partial charge on any atom is 0.328 e. The van der Waals surface area contributed by atoms with Crippen LogP contribution in [0.25, 0.3) is 0 Å². The zero-order chi connectivity index (χ0) is 16.9. The van der Waals surface area contributed by atoms with Crippen molar-refractivity contribution in [3.8, 4) is 0 Å². The minimum Gasteiger partial charge on any atom is -0.480 e. The van der Waals surface area contributed by atoms with Crippen LogP contribution in [0.4, 0.5) is 0 Å². The SMILES string of the molecule is CC1(C)[C@H](C(=O)O)N2C(=O)[C@@H](NC(=O)Cc3cccs3)[C@H]2[S@]1=O. The lowest BCUT2D eigenvalue weighted by atomic mass is 9.96. The second-order valence-corrected chi connectivity index (χ2v) is 9.24. The summed E-state index contributed by atoms with van der Waals surface area (Å²) >= 11 is 1.43. The summed E-state index contributed by atoms with van der Waals surface area (Å²) in [6.45, 7) is 3.13. The maximum atomic E-state index is 12.6. The summed E-state index contributed by atoms with van der Waals surface area (Å²) in [6, 6.07) is 1.60. The van der Waals surface area contributed by atoms with Gasteiger partial charge < -0.3 is 15.3 Å². The summed E-state index contributed by atoms with van der Waals surface area (Å²) in [7, 11) is -1.57. The van der Waals surface area contributed by atoms with E-state index in [-0.39, 0.29) is 12.3 Å². The van der Waals surface area contributed by atoms with E-state index in [1.165, 1.54) is 11.3 Å². The Labute approximate surface area is 139 Å². The zero-order valence-electron chi connectivity index (χ0n) is 12.5. The standard InChI is InChI=1S/C14H16N2O5S2/c1-14(2)10(13(19)20)16-11(18)9(12(16)23(14)21)15-8(17)6-7-4-3-5-22-7/h3-5,9-10,12H,6H2,1-2H3,(H,15,17)(H,19,20)/t9-,10+,12-,23-/m1/s1. The van der Waals surface area contributed by atoms with Crippen LogP contribution >= 0.6 is 11.3 Å². The highest BCUT2D eigenvalue weighted by Crippen LogP contribution is 2.43. The van der Waals surface area contributed by atoms with Gasteiger partial charge in [0.05, 0.1) is 22.0 Å². The normalized spacial score (nSPS) is 31.4. The molecular weight excluding hydrogens is 340 g/mol. The van der Waals surface area contributed by atoms with Crippen LogP contribution in [0.2, 0.25) is 0 Å². The van der Waals surface area contributed by atoms with Gasteiger partial charge in [-0.1, -0.05) is 6.07 Å². The Kier molecular flexibility index (Phi) is 3.80. The lowest BCUT2D eigenvalue weighted by Gasteiger charge is -2.43. The van der Waals surface area contributed by atoms with E-state index >= 15 is 0 Å². The molecule has 2 aliphatic heterocycles. The van der Waals surface area contributed by atoms with Gasteiger partial charge in [-0.25, -0.2) is 4.79 Å². The van der Waals surface area contributed by atoms with Crippen LogP contribution in [0.15, 0.2) is 17.5 Å². The summed E-state index contributed by atoms with van der Waals surface area (Å²) in [5.41, 5.74) is 0. The topological polar surface area (TPSA) is 104 Å². The number of β-lactam (4-membered cyclic amide) rings is 1. The molecule has 1 aromatic heterocycles. The first-order valence-electron chi connectivity index (χ1n) is 7.02. The van der Waals surface area contributed by atoms with Gasteiger partial charge in [-0.15, -0.1) is 11.3 Å². The van der Waals surface area contributed by atoms with E-state index in [0.717, 1.165) is 9.78 Å². The van der Waals surface area contributed by atoms with Crippen molar-refractivity contribution < 1.29 is 23.7 Å². The minimum atomic E-state index is -1.57. The fourth-order valence-electron chi connectivity index (χ4n) is 3.09. The summed E-state index contributed by atoms with van der Waals surface area (Å²) in [5.74, 6) is -2.00. The average molecular weight is 356 g/mol. The van der Waals surface area contributed by atoms with Gasteiger partial charge in [0.1, 0.15) is 17.5 Å². The number of fused-ring (bicyclic) bond motifs is 1. The van der Waals surface area contributed by atoms with Crippen LogP contribution in [-0.4, -0.2) is 54.2 Å². The first-order chi connectivity index (χ1) is 10.7. The van der Waals surface area contributed by atoms with Crippen molar-refractivity contribution in [1.29, 1.82) is 0 Å². The van der Waals surface area contributed by atoms with Gasteiger partial charge in [0, 0.05) is 4.88 Å². The van der Waals surface area contributed by atoms with Crippen LogP contribution in [0.1, 0.15) is 18.7 Å². The van der Waals surface area contributed by atoms with Crippen molar-refractivity contribution in [2.45, 2.75) is 42.5 Å². The minimum absolute atomic E-state index is 0.145. The molecule has 0 aliphatic carbocycles. The summed E-state index contributed by atoms with van der Waals surface area (Å²) in [6.07, 6.45) is 0.145. The van der Waals surface area contributed by atoms with Crippen molar-refractivity contribution in [2.24, 2.45) is 0 Å². The maximum absolute atomic E-state index is 12.6. The van der Waals surface area contributed by atoms with E-state index in [1.807, 2.05) is 17.5 Å². The van der Waals surface area contributed by atoms with E-state index < -0.39 is 44.9 Å². The Morgan fingerprint density at radius 1 is 1.48 bits per heavy atom. The second kappa shape index (κ2) is 5.41. The molecule has 2 N–H and O–H groups in total. The molecule has 2 amide bonds. The third-order valence-corrected chi connectivity index (χ3v) is 7.29. The molecule has 0 saturated carbocycles. The van der Waals surface area contributed by atoms with Crippen LogP contribution in [0.3, 0.4) is 0 Å². The van der Waals surface area contributed by atoms with Crippen molar-refractivity contribution >= 4 is 39.9 Å². The number of carbonyl (C=O) groups excluding carboxylic acids is 2. The number of carboxylic acid groups (broad SMARTS) is 1. The molecule has 0 unspecified atom stereocenters. The number of thiophene rings is 1. The molecule has 9 heteroatoms. The molecule has 0 radical (unpaired) electrons. The van der Waals surface area contributed by atoms with Gasteiger partial charge in [0.15, 0.2) is 0 Å². The smallest absolute Gasteiger partial charge is 0.328 e. The molecular formula is C14H16N2O5S2. The molecule has 7 nitrogen and oxygen atoms in total. The van der Waals surface area contributed by atoms with Crippen molar-refractivity contribution in [1.82, 2.24) is 10.2 Å². The zero-order valence-corrected chi connectivity index (χ0v) is 14.1. The molecule has 23 heavy (non-hydrogen) atoms. The van der Waals surface area contributed by atoms with Gasteiger partial charge in [-0.3, -0.25) is 13.8 Å². The third kappa shape index (κ3) is 2.38. The number of nitrogens with one attached hydrogen (secondary N) is 1. The summed E-state index contributed by atoms with van der Waals surface area (Å²) in [4.78, 5) is 37.7. The molecule has 2 aliphatic rings. The number of carboxylic acids is 1. The predicted octanol–water partition coefficient (Wildman–Crippen LogP) is -0.0622. The lowest BCUT2D eigenvalue weighted by Crippen LogP contribution is -2.71. The van der Waals surface area contributed by atoms with Gasteiger partial charge >= 0.3 is 5.97 Å². The molecule has 4 atom stereocenters. The van der Waals surface area contributed by atoms with E-state index in [0.29, 0.717) is 0 Å². The van der Waals surface area contributed by atoms with E-state index in [4.69, 9.17) is 0 Å². The highest BCUT2D eigenvalue weighted by molar-refractivity contribution is 7.87. The Morgan fingerprint density at radius 3 is 2.74 bits per heavy atom. The van der Waals surface area contributed by atoms with Crippen molar-refractivity contribution in [2.75, 3.05) is 0 Å². The number of hydrogen-bond donors (Lipinski definition) is 2.